The Morgan fingerprint density at radius 1 is 1.00 bits per heavy atom. The Labute approximate surface area is 96.9 Å². The van der Waals surface area contributed by atoms with Crippen LogP contribution >= 0.6 is 0 Å². The van der Waals surface area contributed by atoms with Crippen molar-refractivity contribution in [3.63, 3.8) is 0 Å². The third-order valence-corrected chi connectivity index (χ3v) is 2.97. The highest BCUT2D eigenvalue weighted by Gasteiger charge is 2.14. The van der Waals surface area contributed by atoms with Crippen LogP contribution < -0.4 is 0 Å². The summed E-state index contributed by atoms with van der Waals surface area (Å²) in [5, 5.41) is 0. The summed E-state index contributed by atoms with van der Waals surface area (Å²) in [5.41, 5.74) is 4.30. The summed E-state index contributed by atoms with van der Waals surface area (Å²) < 4.78 is 8.33. The summed E-state index contributed by atoms with van der Waals surface area (Å²) in [6.07, 6.45) is 1.81. The van der Waals surface area contributed by atoms with Crippen molar-refractivity contribution in [1.29, 1.82) is 0 Å². The first-order chi connectivity index (χ1) is 8.18. The van der Waals surface area contributed by atoms with Crippen LogP contribution in [0.15, 0.2) is 53.5 Å². The fraction of sp³-hybridized carbons (Fsp3) is 0.133. The molecular formula is C15H13N. The molecule has 1 atom stereocenters. The summed E-state index contributed by atoms with van der Waals surface area (Å²) in [6, 6.07) is 15.3. The minimum Gasteiger partial charge on any atom is -0.285 e. The van der Waals surface area contributed by atoms with Crippen LogP contribution in [0.3, 0.4) is 0 Å². The summed E-state index contributed by atoms with van der Waals surface area (Å²) in [6.45, 7) is 1.83. The second-order valence-corrected chi connectivity index (χ2v) is 3.98. The lowest BCUT2D eigenvalue weighted by molar-refractivity contribution is 0.830. The highest BCUT2D eigenvalue weighted by molar-refractivity contribution is 5.92. The molecule has 0 saturated carbocycles. The Morgan fingerprint density at radius 2 is 1.69 bits per heavy atom. The van der Waals surface area contributed by atoms with E-state index in [4.69, 9.17) is 1.37 Å². The molecule has 1 nitrogen and oxygen atoms in total. The van der Waals surface area contributed by atoms with Crippen molar-refractivity contribution >= 4 is 6.21 Å². The average molecular weight is 208 g/mol. The van der Waals surface area contributed by atoms with Gasteiger partial charge in [0, 0.05) is 11.8 Å². The molecule has 0 radical (unpaired) electrons. The van der Waals surface area contributed by atoms with E-state index in [1.165, 1.54) is 0 Å². The van der Waals surface area contributed by atoms with E-state index in [0.29, 0.717) is 0 Å². The SMILES string of the molecule is [2H]C1(C)N=Cc2ccccc2-c2ccccc21. The minimum atomic E-state index is -0.907. The van der Waals surface area contributed by atoms with Crippen molar-refractivity contribution < 1.29 is 1.37 Å². The zero-order valence-corrected chi connectivity index (χ0v) is 9.14. The molecule has 0 aliphatic carbocycles. The van der Waals surface area contributed by atoms with Crippen molar-refractivity contribution in [2.24, 2.45) is 4.99 Å². The first-order valence-corrected chi connectivity index (χ1v) is 5.43. The van der Waals surface area contributed by atoms with E-state index < -0.39 is 6.02 Å². The largest absolute Gasteiger partial charge is 0.285 e. The first-order valence-electron chi connectivity index (χ1n) is 5.93. The van der Waals surface area contributed by atoms with Gasteiger partial charge in [0.15, 0.2) is 0 Å². The lowest BCUT2D eigenvalue weighted by Gasteiger charge is -2.10. The Hall–Kier alpha value is -1.89. The molecular weight excluding hydrogens is 194 g/mol. The van der Waals surface area contributed by atoms with Gasteiger partial charge in [-0.05, 0) is 23.6 Å². The molecule has 0 amide bonds. The van der Waals surface area contributed by atoms with Gasteiger partial charge in [0.1, 0.15) is 0 Å². The van der Waals surface area contributed by atoms with Crippen molar-refractivity contribution in [2.45, 2.75) is 12.9 Å². The van der Waals surface area contributed by atoms with Crippen LogP contribution in [0.4, 0.5) is 0 Å². The van der Waals surface area contributed by atoms with Crippen LogP contribution in [-0.4, -0.2) is 6.21 Å². The third kappa shape index (κ3) is 1.36. The van der Waals surface area contributed by atoms with Crippen LogP contribution in [0.5, 0.6) is 0 Å². The Kier molecular flexibility index (Phi) is 1.86. The predicted octanol–water partition coefficient (Wildman–Crippen LogP) is 3.85. The molecule has 1 aliphatic rings. The van der Waals surface area contributed by atoms with Gasteiger partial charge in [0.2, 0.25) is 0 Å². The molecule has 78 valence electrons. The Morgan fingerprint density at radius 3 is 2.56 bits per heavy atom. The van der Waals surface area contributed by atoms with Crippen LogP contribution in [0, 0.1) is 0 Å². The normalized spacial score (nSPS) is 22.9. The molecule has 16 heavy (non-hydrogen) atoms. The molecule has 0 bridgehead atoms. The number of aliphatic imine (C=N–C) groups is 1. The maximum absolute atomic E-state index is 8.33. The van der Waals surface area contributed by atoms with Gasteiger partial charge in [0.25, 0.3) is 0 Å². The lowest BCUT2D eigenvalue weighted by Crippen LogP contribution is -1.91. The van der Waals surface area contributed by atoms with E-state index in [1.807, 2.05) is 49.5 Å². The van der Waals surface area contributed by atoms with E-state index in [-0.39, 0.29) is 0 Å². The maximum Gasteiger partial charge on any atom is 0.0727 e. The molecule has 1 heteroatoms. The van der Waals surface area contributed by atoms with E-state index in [9.17, 15) is 0 Å². The fourth-order valence-electron chi connectivity index (χ4n) is 2.12. The van der Waals surface area contributed by atoms with Gasteiger partial charge < -0.3 is 0 Å². The van der Waals surface area contributed by atoms with Gasteiger partial charge in [-0.25, -0.2) is 0 Å². The zero-order chi connectivity index (χ0) is 11.9. The van der Waals surface area contributed by atoms with Gasteiger partial charge in [-0.2, -0.15) is 0 Å². The molecule has 1 aliphatic heterocycles. The minimum absolute atomic E-state index is 0.907. The second kappa shape index (κ2) is 3.60. The van der Waals surface area contributed by atoms with Crippen LogP contribution in [0.25, 0.3) is 11.1 Å². The summed E-state index contributed by atoms with van der Waals surface area (Å²) in [7, 11) is 0. The summed E-state index contributed by atoms with van der Waals surface area (Å²) in [4.78, 5) is 4.38. The second-order valence-electron chi connectivity index (χ2n) is 3.98. The monoisotopic (exact) mass is 208 g/mol. The molecule has 1 unspecified atom stereocenters. The number of rotatable bonds is 0. The molecule has 0 fully saturated rings. The van der Waals surface area contributed by atoms with E-state index in [0.717, 1.165) is 22.3 Å². The highest BCUT2D eigenvalue weighted by Crippen LogP contribution is 2.33. The fourth-order valence-corrected chi connectivity index (χ4v) is 2.12. The summed E-state index contributed by atoms with van der Waals surface area (Å²) in [5.74, 6) is 0. The number of hydrogen-bond acceptors (Lipinski definition) is 1. The lowest BCUT2D eigenvalue weighted by atomic mass is 9.94. The molecule has 0 saturated heterocycles. The number of fused-ring (bicyclic) bond motifs is 3. The average Bonchev–Trinajstić information content (AvgIpc) is 2.47. The zero-order valence-electron chi connectivity index (χ0n) is 10.1. The predicted molar refractivity (Wildman–Crippen MR) is 67.9 cm³/mol. The van der Waals surface area contributed by atoms with E-state index >= 15 is 0 Å². The van der Waals surface area contributed by atoms with Crippen molar-refractivity contribution in [2.75, 3.05) is 0 Å². The van der Waals surface area contributed by atoms with Gasteiger partial charge in [-0.15, -0.1) is 0 Å². The van der Waals surface area contributed by atoms with E-state index in [2.05, 4.69) is 17.1 Å². The molecule has 0 N–H and O–H groups in total. The standard InChI is InChI=1S/C15H13N/c1-11-13-7-4-5-9-15(13)14-8-3-2-6-12(14)10-16-11/h2-11H,1H3/i11D. The number of benzene rings is 2. The number of hydrogen-bond donors (Lipinski definition) is 0. The third-order valence-electron chi connectivity index (χ3n) is 2.97. The van der Waals surface area contributed by atoms with Gasteiger partial charge in [-0.3, -0.25) is 4.99 Å². The molecule has 3 rings (SSSR count). The van der Waals surface area contributed by atoms with Crippen molar-refractivity contribution in [3.05, 3.63) is 59.7 Å². The van der Waals surface area contributed by atoms with Gasteiger partial charge in [-0.1, -0.05) is 48.5 Å². The number of nitrogens with zero attached hydrogens (tertiary/aromatic N) is 1. The quantitative estimate of drug-likeness (QED) is 0.623. The summed E-state index contributed by atoms with van der Waals surface area (Å²) >= 11 is 0. The molecule has 2 aromatic rings. The molecule has 1 heterocycles. The van der Waals surface area contributed by atoms with Gasteiger partial charge in [0.05, 0.1) is 7.39 Å². The Balaban J connectivity index is 2.38. The molecule has 0 spiro atoms. The molecule has 0 aromatic heterocycles. The maximum atomic E-state index is 8.33. The van der Waals surface area contributed by atoms with Crippen LogP contribution in [-0.2, 0) is 0 Å². The van der Waals surface area contributed by atoms with Crippen LogP contribution in [0.1, 0.15) is 25.4 Å². The van der Waals surface area contributed by atoms with E-state index in [1.54, 1.807) is 0 Å². The van der Waals surface area contributed by atoms with Crippen LogP contribution in [0.2, 0.25) is 0 Å². The molecule has 2 aromatic carbocycles. The Bertz CT molecular complexity index is 599. The van der Waals surface area contributed by atoms with Crippen molar-refractivity contribution in [3.8, 4) is 11.1 Å². The van der Waals surface area contributed by atoms with Crippen molar-refractivity contribution in [1.82, 2.24) is 0 Å². The topological polar surface area (TPSA) is 12.4 Å². The highest BCUT2D eigenvalue weighted by atomic mass is 14.8. The van der Waals surface area contributed by atoms with Gasteiger partial charge >= 0.3 is 0 Å². The first kappa shape index (κ1) is 8.28. The smallest absolute Gasteiger partial charge is 0.0727 e.